The first-order valence-electron chi connectivity index (χ1n) is 13.4. The van der Waals surface area contributed by atoms with Gasteiger partial charge in [0, 0.05) is 35.2 Å². The molecule has 2 aliphatic rings. The number of hydrogen-bond acceptors (Lipinski definition) is 6. The minimum absolute atomic E-state index is 0. The van der Waals surface area contributed by atoms with Gasteiger partial charge in [-0.2, -0.15) is 21.6 Å². The van der Waals surface area contributed by atoms with Crippen molar-refractivity contribution in [3.05, 3.63) is 94.4 Å². The summed E-state index contributed by atoms with van der Waals surface area (Å²) in [6.07, 6.45) is 8.21. The second kappa shape index (κ2) is 14.3. The summed E-state index contributed by atoms with van der Waals surface area (Å²) < 4.78 is 67.5. The van der Waals surface area contributed by atoms with Gasteiger partial charge in [-0.3, -0.25) is 9.52 Å². The topological polar surface area (TPSA) is 96.9 Å². The van der Waals surface area contributed by atoms with Crippen LogP contribution in [0.15, 0.2) is 82.7 Å². The molecule has 0 bridgehead atoms. The van der Waals surface area contributed by atoms with Crippen molar-refractivity contribution >= 4 is 79.9 Å². The molecule has 1 saturated carbocycles. The molecule has 221 valence electrons. The third-order valence-electron chi connectivity index (χ3n) is 6.95. The first-order chi connectivity index (χ1) is 20.1. The first kappa shape index (κ1) is 33.1. The summed E-state index contributed by atoms with van der Waals surface area (Å²) in [6.45, 7) is 0.457. The Hall–Kier alpha value is -2.77. The molecular weight excluding hydrogens is 610 g/mol. The molecule has 1 amide bonds. The fourth-order valence-electron chi connectivity index (χ4n) is 4.72. The number of nitrogens with one attached hydrogen (secondary N) is 2. The number of carbonyl (C=O) groups excluding carboxylic acids is 1. The molecule has 0 unspecified atom stereocenters. The number of benzene rings is 3. The molecule has 2 N–H and O–H groups in total. The van der Waals surface area contributed by atoms with Gasteiger partial charge in [-0.25, -0.2) is 4.99 Å². The van der Waals surface area contributed by atoms with Crippen molar-refractivity contribution < 1.29 is 31.1 Å². The standard InChI is InChI=1S/C30H28F3N3O4S2.Na/c31-30(32,33)42(38,39)36-25-14-12-24(13-15-25)34-29-35-28(37)27(41-29)18-20-8-16-26(17-9-20)40-19-21-6-10-23(11-7-21)22-4-2-1-3-5-22;/h6-18,22,36H,1-5,19H2,(H,34,35,37);. The summed E-state index contributed by atoms with van der Waals surface area (Å²) >= 11 is 1.11. The number of thioether (sulfide) groups is 1. The zero-order valence-corrected chi connectivity index (χ0v) is 27.0. The van der Waals surface area contributed by atoms with Gasteiger partial charge in [0.15, 0.2) is 5.17 Å². The SMILES string of the molecule is O=C1NC(=Nc2ccc(NS(=O)(=O)C(F)(F)F)cc2)SC1=Cc1ccc(OCc2ccc(C3CCCCC3)cc2)cc1.[Na]. The molecule has 2 fully saturated rings. The number of hydrogen-bond donors (Lipinski definition) is 2. The second-order valence-electron chi connectivity index (χ2n) is 10.0. The Morgan fingerprint density at radius 1 is 0.953 bits per heavy atom. The van der Waals surface area contributed by atoms with Crippen molar-refractivity contribution in [2.45, 2.75) is 50.1 Å². The van der Waals surface area contributed by atoms with Crippen LogP contribution in [-0.4, -0.2) is 54.6 Å². The van der Waals surface area contributed by atoms with E-state index in [9.17, 15) is 26.4 Å². The van der Waals surface area contributed by atoms with E-state index >= 15 is 0 Å². The van der Waals surface area contributed by atoms with E-state index < -0.39 is 15.5 Å². The van der Waals surface area contributed by atoms with Crippen LogP contribution in [-0.2, 0) is 21.4 Å². The number of anilines is 1. The van der Waals surface area contributed by atoms with Crippen LogP contribution < -0.4 is 14.8 Å². The Morgan fingerprint density at radius 2 is 1.60 bits per heavy atom. The molecule has 1 heterocycles. The maximum Gasteiger partial charge on any atom is 0.516 e. The van der Waals surface area contributed by atoms with Gasteiger partial charge in [-0.15, -0.1) is 0 Å². The van der Waals surface area contributed by atoms with E-state index in [2.05, 4.69) is 34.6 Å². The molecule has 0 aromatic heterocycles. The number of amidine groups is 1. The molecule has 1 radical (unpaired) electrons. The van der Waals surface area contributed by atoms with E-state index in [1.165, 1.54) is 54.5 Å². The minimum atomic E-state index is -5.52. The molecule has 1 saturated heterocycles. The van der Waals surface area contributed by atoms with E-state index in [1.807, 2.05) is 24.3 Å². The number of halogens is 3. The molecule has 7 nitrogen and oxygen atoms in total. The molecule has 13 heteroatoms. The van der Waals surface area contributed by atoms with Crippen molar-refractivity contribution in [1.29, 1.82) is 0 Å². The van der Waals surface area contributed by atoms with Crippen LogP contribution in [0.5, 0.6) is 5.75 Å². The zero-order valence-electron chi connectivity index (χ0n) is 23.4. The normalized spacial score (nSPS) is 17.9. The van der Waals surface area contributed by atoms with E-state index in [1.54, 1.807) is 6.08 Å². The van der Waals surface area contributed by atoms with Gasteiger partial charge in [-0.1, -0.05) is 55.7 Å². The van der Waals surface area contributed by atoms with Gasteiger partial charge >= 0.3 is 15.5 Å². The summed E-state index contributed by atoms with van der Waals surface area (Å²) in [5, 5.41) is 2.92. The molecule has 5 rings (SSSR count). The van der Waals surface area contributed by atoms with Gasteiger partial charge in [0.05, 0.1) is 10.6 Å². The Labute approximate surface area is 274 Å². The van der Waals surface area contributed by atoms with Gasteiger partial charge in [0.25, 0.3) is 5.91 Å². The molecule has 3 aromatic carbocycles. The van der Waals surface area contributed by atoms with E-state index in [0.717, 1.165) is 35.0 Å². The smallest absolute Gasteiger partial charge is 0.489 e. The summed E-state index contributed by atoms with van der Waals surface area (Å²) in [6, 6.07) is 21.0. The summed E-state index contributed by atoms with van der Waals surface area (Å²) in [4.78, 5) is 17.1. The maximum absolute atomic E-state index is 12.6. The van der Waals surface area contributed by atoms with Crippen LogP contribution in [0.25, 0.3) is 6.08 Å². The van der Waals surface area contributed by atoms with Gasteiger partial charge in [0.2, 0.25) is 0 Å². The van der Waals surface area contributed by atoms with E-state index in [-0.39, 0.29) is 46.3 Å². The van der Waals surface area contributed by atoms with Gasteiger partial charge in [0.1, 0.15) is 12.4 Å². The van der Waals surface area contributed by atoms with Crippen molar-refractivity contribution in [2.24, 2.45) is 4.99 Å². The largest absolute Gasteiger partial charge is 0.516 e. The number of ether oxygens (including phenoxy) is 1. The average Bonchev–Trinajstić information content (AvgIpc) is 3.31. The quantitative estimate of drug-likeness (QED) is 0.203. The molecule has 1 aliphatic carbocycles. The van der Waals surface area contributed by atoms with Crippen molar-refractivity contribution in [3.8, 4) is 5.75 Å². The first-order valence-corrected chi connectivity index (χ1v) is 15.7. The Morgan fingerprint density at radius 3 is 2.23 bits per heavy atom. The molecule has 3 aromatic rings. The number of nitrogens with zero attached hydrogens (tertiary/aromatic N) is 1. The van der Waals surface area contributed by atoms with Crippen LogP contribution in [0.2, 0.25) is 0 Å². The van der Waals surface area contributed by atoms with Crippen LogP contribution in [0, 0.1) is 0 Å². The van der Waals surface area contributed by atoms with Crippen molar-refractivity contribution in [2.75, 3.05) is 4.72 Å². The number of sulfonamides is 1. The summed E-state index contributed by atoms with van der Waals surface area (Å²) in [7, 11) is -5.52. The number of aliphatic imine (C=N–C) groups is 1. The Kier molecular flexibility index (Phi) is 11.0. The third-order valence-corrected chi connectivity index (χ3v) is 8.97. The second-order valence-corrected chi connectivity index (χ2v) is 12.7. The predicted octanol–water partition coefficient (Wildman–Crippen LogP) is 7.09. The van der Waals surface area contributed by atoms with Gasteiger partial charge < -0.3 is 10.1 Å². The zero-order chi connectivity index (χ0) is 29.7. The number of alkyl halides is 3. The monoisotopic (exact) mass is 638 g/mol. The molecule has 0 atom stereocenters. The van der Waals surface area contributed by atoms with Crippen molar-refractivity contribution in [1.82, 2.24) is 5.32 Å². The van der Waals surface area contributed by atoms with Crippen LogP contribution in [0.1, 0.15) is 54.7 Å². The van der Waals surface area contributed by atoms with E-state index in [4.69, 9.17) is 4.74 Å². The summed E-state index contributed by atoms with van der Waals surface area (Å²) in [5.41, 5.74) is -2.07. The fraction of sp³-hybridized carbons (Fsp3) is 0.267. The molecule has 0 spiro atoms. The third kappa shape index (κ3) is 8.89. The Balaban J connectivity index is 0.00000423. The van der Waals surface area contributed by atoms with Crippen LogP contribution in [0.3, 0.4) is 0 Å². The van der Waals surface area contributed by atoms with Crippen LogP contribution >= 0.6 is 11.8 Å². The van der Waals surface area contributed by atoms with Gasteiger partial charge in [-0.05, 0) is 89.7 Å². The maximum atomic E-state index is 12.6. The average molecular weight is 639 g/mol. The summed E-state index contributed by atoms with van der Waals surface area (Å²) in [5.74, 6) is 1.04. The molecule has 1 aliphatic heterocycles. The molecule has 43 heavy (non-hydrogen) atoms. The number of carbonyl (C=O) groups is 1. The van der Waals surface area contributed by atoms with Crippen molar-refractivity contribution in [3.63, 3.8) is 0 Å². The molecular formula is C30H28F3N3NaO4S2. The predicted molar refractivity (Wildman–Crippen MR) is 165 cm³/mol. The Bertz CT molecular complexity index is 1590. The number of rotatable bonds is 8. The fourth-order valence-corrected chi connectivity index (χ4v) is 6.12. The minimum Gasteiger partial charge on any atom is -0.489 e. The number of amides is 1. The van der Waals surface area contributed by atoms with E-state index in [0.29, 0.717) is 28.9 Å². The van der Waals surface area contributed by atoms with Crippen LogP contribution in [0.4, 0.5) is 24.5 Å².